The van der Waals surface area contributed by atoms with Crippen LogP contribution in [0, 0.1) is 0 Å². The van der Waals surface area contributed by atoms with Crippen LogP contribution < -0.4 is 15.0 Å². The number of benzene rings is 1. The van der Waals surface area contributed by atoms with E-state index in [4.69, 9.17) is 17.0 Å². The van der Waals surface area contributed by atoms with Gasteiger partial charge in [-0.15, -0.1) is 0 Å². The van der Waals surface area contributed by atoms with Gasteiger partial charge in [-0.1, -0.05) is 0 Å². The predicted octanol–water partition coefficient (Wildman–Crippen LogP) is 2.44. The average molecular weight is 340 g/mol. The van der Waals surface area contributed by atoms with Crippen molar-refractivity contribution in [3.05, 3.63) is 24.3 Å². The van der Waals surface area contributed by atoms with E-state index in [0.29, 0.717) is 0 Å². The van der Waals surface area contributed by atoms with E-state index in [9.17, 15) is 0 Å². The van der Waals surface area contributed by atoms with Crippen LogP contribution in [0.15, 0.2) is 24.3 Å². The van der Waals surface area contributed by atoms with Crippen LogP contribution in [-0.4, -0.2) is 61.9 Å². The number of ether oxygens (including phenoxy) is 1. The van der Waals surface area contributed by atoms with Gasteiger partial charge in [0.15, 0.2) is 5.11 Å². The summed E-state index contributed by atoms with van der Waals surface area (Å²) in [7, 11) is 1.70. The van der Waals surface area contributed by atoms with E-state index in [1.807, 2.05) is 23.9 Å². The first kappa shape index (κ1) is 17.2. The number of nitrogens with one attached hydrogen (secondary N) is 1. The third kappa shape index (κ3) is 4.95. The van der Waals surface area contributed by atoms with Crippen molar-refractivity contribution < 1.29 is 4.74 Å². The molecule has 1 heterocycles. The average Bonchev–Trinajstić information content (AvgIpc) is 2.59. The lowest BCUT2D eigenvalue weighted by Crippen LogP contribution is -2.51. The number of thiocarbonyl (C=S) groups is 1. The van der Waals surface area contributed by atoms with Crippen LogP contribution >= 0.6 is 24.0 Å². The summed E-state index contributed by atoms with van der Waals surface area (Å²) in [5.74, 6) is 2.08. The molecule has 1 saturated heterocycles. The molecule has 0 aromatic heterocycles. The van der Waals surface area contributed by atoms with Gasteiger partial charge >= 0.3 is 0 Å². The zero-order chi connectivity index (χ0) is 15.8. The standard InChI is InChI=1S/C16H25N3OS2/c1-20-15-6-4-14(5-7-15)18-9-11-19(12-10-18)16(21)17-8-3-13-22-2/h4-7H,3,8-13H2,1-2H3,(H,17,21). The topological polar surface area (TPSA) is 27.7 Å². The molecule has 0 saturated carbocycles. The number of thioether (sulfide) groups is 1. The van der Waals surface area contributed by atoms with Crippen LogP contribution in [0.3, 0.4) is 0 Å². The van der Waals surface area contributed by atoms with Crippen LogP contribution in [0.1, 0.15) is 6.42 Å². The third-order valence-corrected chi connectivity index (χ3v) is 4.91. The number of anilines is 1. The summed E-state index contributed by atoms with van der Waals surface area (Å²) >= 11 is 7.36. The molecule has 0 spiro atoms. The van der Waals surface area contributed by atoms with E-state index in [0.717, 1.165) is 50.0 Å². The van der Waals surface area contributed by atoms with Crippen molar-refractivity contribution in [2.24, 2.45) is 0 Å². The Hall–Kier alpha value is -1.14. The van der Waals surface area contributed by atoms with Gasteiger partial charge in [-0.3, -0.25) is 0 Å². The van der Waals surface area contributed by atoms with Crippen molar-refractivity contribution in [2.45, 2.75) is 6.42 Å². The van der Waals surface area contributed by atoms with E-state index >= 15 is 0 Å². The lowest BCUT2D eigenvalue weighted by Gasteiger charge is -2.37. The highest BCUT2D eigenvalue weighted by molar-refractivity contribution is 7.98. The minimum Gasteiger partial charge on any atom is -0.497 e. The fraction of sp³-hybridized carbons (Fsp3) is 0.562. The molecule has 0 aliphatic carbocycles. The SMILES string of the molecule is COc1ccc(N2CCN(C(=S)NCCCSC)CC2)cc1. The molecule has 2 rings (SSSR count). The van der Waals surface area contributed by atoms with Crippen LogP contribution in [0.2, 0.25) is 0 Å². The maximum atomic E-state index is 5.48. The Balaban J connectivity index is 1.75. The zero-order valence-electron chi connectivity index (χ0n) is 13.4. The molecule has 22 heavy (non-hydrogen) atoms. The predicted molar refractivity (Wildman–Crippen MR) is 100 cm³/mol. The van der Waals surface area contributed by atoms with Crippen molar-refractivity contribution in [3.8, 4) is 5.75 Å². The highest BCUT2D eigenvalue weighted by atomic mass is 32.2. The molecule has 0 atom stereocenters. The van der Waals surface area contributed by atoms with Gasteiger partial charge in [0.2, 0.25) is 0 Å². The summed E-state index contributed by atoms with van der Waals surface area (Å²) in [5, 5.41) is 4.26. The maximum absolute atomic E-state index is 5.48. The quantitative estimate of drug-likeness (QED) is 0.632. The molecule has 1 aromatic rings. The molecule has 0 unspecified atom stereocenters. The molecule has 0 radical (unpaired) electrons. The highest BCUT2D eigenvalue weighted by Crippen LogP contribution is 2.20. The van der Waals surface area contributed by atoms with Gasteiger partial charge in [0.25, 0.3) is 0 Å². The van der Waals surface area contributed by atoms with E-state index in [1.54, 1.807) is 7.11 Å². The number of hydrogen-bond donors (Lipinski definition) is 1. The zero-order valence-corrected chi connectivity index (χ0v) is 15.0. The fourth-order valence-electron chi connectivity index (χ4n) is 2.48. The Bertz CT molecular complexity index is 459. The molecule has 0 amide bonds. The Morgan fingerprint density at radius 1 is 1.23 bits per heavy atom. The first-order chi connectivity index (χ1) is 10.7. The van der Waals surface area contributed by atoms with Gasteiger partial charge < -0.3 is 19.9 Å². The summed E-state index contributed by atoms with van der Waals surface area (Å²) in [6, 6.07) is 8.26. The van der Waals surface area contributed by atoms with Crippen molar-refractivity contribution in [1.82, 2.24) is 10.2 Å². The second kappa shape index (κ2) is 9.10. The summed E-state index contributed by atoms with van der Waals surface area (Å²) in [5.41, 5.74) is 1.25. The Labute approximate surface area is 143 Å². The third-order valence-electron chi connectivity index (χ3n) is 3.81. The minimum atomic E-state index is 0.899. The summed E-state index contributed by atoms with van der Waals surface area (Å²) in [4.78, 5) is 4.67. The van der Waals surface area contributed by atoms with E-state index in [-0.39, 0.29) is 0 Å². The van der Waals surface area contributed by atoms with E-state index < -0.39 is 0 Å². The fourth-order valence-corrected chi connectivity index (χ4v) is 3.20. The Kier molecular flexibility index (Phi) is 7.12. The minimum absolute atomic E-state index is 0.899. The van der Waals surface area contributed by atoms with Crippen molar-refractivity contribution in [3.63, 3.8) is 0 Å². The van der Waals surface area contributed by atoms with Gasteiger partial charge in [0.1, 0.15) is 5.75 Å². The number of hydrogen-bond acceptors (Lipinski definition) is 4. The van der Waals surface area contributed by atoms with Gasteiger partial charge in [0.05, 0.1) is 7.11 Å². The number of rotatable bonds is 6. The second-order valence-electron chi connectivity index (χ2n) is 5.25. The van der Waals surface area contributed by atoms with Gasteiger partial charge in [-0.2, -0.15) is 11.8 Å². The highest BCUT2D eigenvalue weighted by Gasteiger charge is 2.18. The lowest BCUT2D eigenvalue weighted by atomic mass is 10.2. The van der Waals surface area contributed by atoms with Crippen molar-refractivity contribution in [2.75, 3.05) is 56.7 Å². The van der Waals surface area contributed by atoms with Crippen molar-refractivity contribution >= 4 is 34.8 Å². The van der Waals surface area contributed by atoms with Crippen LogP contribution in [0.4, 0.5) is 5.69 Å². The van der Waals surface area contributed by atoms with Gasteiger partial charge in [0, 0.05) is 38.4 Å². The van der Waals surface area contributed by atoms with Gasteiger partial charge in [-0.05, 0) is 54.9 Å². The first-order valence-electron chi connectivity index (χ1n) is 7.65. The molecule has 1 N–H and O–H groups in total. The van der Waals surface area contributed by atoms with E-state index in [1.165, 1.54) is 11.4 Å². The molecule has 0 bridgehead atoms. The molecule has 6 heteroatoms. The maximum Gasteiger partial charge on any atom is 0.169 e. The van der Waals surface area contributed by atoms with Crippen LogP contribution in [-0.2, 0) is 0 Å². The molecule has 1 fully saturated rings. The molecular weight excluding hydrogens is 314 g/mol. The Morgan fingerprint density at radius 3 is 2.50 bits per heavy atom. The first-order valence-corrected chi connectivity index (χ1v) is 9.45. The molecular formula is C16H25N3OS2. The van der Waals surface area contributed by atoms with E-state index in [2.05, 4.69) is 33.5 Å². The lowest BCUT2D eigenvalue weighted by molar-refractivity contribution is 0.380. The van der Waals surface area contributed by atoms with Crippen LogP contribution in [0.5, 0.6) is 5.75 Å². The number of piperazine rings is 1. The normalized spacial score (nSPS) is 14.8. The molecule has 1 aromatic carbocycles. The van der Waals surface area contributed by atoms with Gasteiger partial charge in [-0.25, -0.2) is 0 Å². The largest absolute Gasteiger partial charge is 0.497 e. The van der Waals surface area contributed by atoms with Crippen molar-refractivity contribution in [1.29, 1.82) is 0 Å². The summed E-state index contributed by atoms with van der Waals surface area (Å²) in [6.07, 6.45) is 3.30. The smallest absolute Gasteiger partial charge is 0.169 e. The molecule has 122 valence electrons. The second-order valence-corrected chi connectivity index (χ2v) is 6.62. The summed E-state index contributed by atoms with van der Waals surface area (Å²) in [6.45, 7) is 4.91. The monoisotopic (exact) mass is 339 g/mol. The van der Waals surface area contributed by atoms with Crippen LogP contribution in [0.25, 0.3) is 0 Å². The summed E-state index contributed by atoms with van der Waals surface area (Å²) < 4.78 is 5.21. The molecule has 1 aliphatic heterocycles. The number of methoxy groups -OCH3 is 1. The number of nitrogens with zero attached hydrogens (tertiary/aromatic N) is 2. The Morgan fingerprint density at radius 2 is 1.91 bits per heavy atom. The molecule has 1 aliphatic rings. The molecule has 4 nitrogen and oxygen atoms in total.